The fraction of sp³-hybridized carbons (Fsp3) is 0.172. The van der Waals surface area contributed by atoms with E-state index in [9.17, 15) is 20.4 Å². The Morgan fingerprint density at radius 2 is 0.846 bits per heavy atom. The summed E-state index contributed by atoms with van der Waals surface area (Å²) in [6, 6.07) is 24.7. The summed E-state index contributed by atoms with van der Waals surface area (Å²) in [6.07, 6.45) is -1.21. The van der Waals surface area contributed by atoms with Crippen molar-refractivity contribution in [3.05, 3.63) is 96.1 Å². The van der Waals surface area contributed by atoms with Crippen LogP contribution in [0.15, 0.2) is 84.9 Å². The molecule has 0 radical (unpaired) electrons. The zero-order valence-electron chi connectivity index (χ0n) is 20.7. The van der Waals surface area contributed by atoms with E-state index in [-0.39, 0.29) is 18.9 Å². The van der Waals surface area contributed by atoms with Crippen LogP contribution < -0.4 is 0 Å². The first-order chi connectivity index (χ1) is 18.3. The lowest BCUT2D eigenvalue weighted by Gasteiger charge is -2.08. The highest BCUT2D eigenvalue weighted by molar-refractivity contribution is 5.74. The van der Waals surface area contributed by atoms with Gasteiger partial charge in [-0.25, -0.2) is 0 Å². The van der Waals surface area contributed by atoms with E-state index in [1.165, 1.54) is 21.7 Å². The van der Waals surface area contributed by atoms with E-state index in [1.807, 2.05) is 48.5 Å². The molecule has 10 heteroatoms. The van der Waals surface area contributed by atoms with E-state index in [2.05, 4.69) is 20.4 Å². The molecule has 4 aromatic carbocycles. The van der Waals surface area contributed by atoms with Crippen molar-refractivity contribution in [3.63, 3.8) is 0 Å². The van der Waals surface area contributed by atoms with Crippen molar-refractivity contribution in [1.29, 1.82) is 0 Å². The second-order valence-electron chi connectivity index (χ2n) is 8.80. The molecule has 0 aliphatic rings. The maximum absolute atomic E-state index is 9.91. The van der Waals surface area contributed by atoms with Crippen LogP contribution in [0.5, 0.6) is 11.5 Å². The first-order valence-electron chi connectivity index (χ1n) is 12.0. The summed E-state index contributed by atoms with van der Waals surface area (Å²) in [6.45, 7) is 3.34. The molecule has 6 rings (SSSR count). The van der Waals surface area contributed by atoms with Gasteiger partial charge < -0.3 is 20.4 Å². The summed E-state index contributed by atoms with van der Waals surface area (Å²) >= 11 is 0. The lowest BCUT2D eigenvalue weighted by atomic mass is 10.1. The van der Waals surface area contributed by atoms with Crippen LogP contribution in [0.25, 0.3) is 33.4 Å². The lowest BCUT2D eigenvalue weighted by molar-refractivity contribution is 0.199. The Morgan fingerprint density at radius 3 is 1.13 bits per heavy atom. The number of hydrogen-bond donors (Lipinski definition) is 4. The molecule has 10 nitrogen and oxygen atoms in total. The quantitative estimate of drug-likeness (QED) is 0.252. The Balaban J connectivity index is 0.000000176. The fourth-order valence-electron chi connectivity index (χ4n) is 3.86. The molecule has 2 heterocycles. The predicted octanol–water partition coefficient (Wildman–Crippen LogP) is 4.99. The number of aromatic hydroxyl groups is 2. The molecule has 0 aliphatic carbocycles. The summed E-state index contributed by atoms with van der Waals surface area (Å²) in [5, 5.41) is 56.2. The van der Waals surface area contributed by atoms with Gasteiger partial charge in [0.25, 0.3) is 0 Å². The van der Waals surface area contributed by atoms with Crippen LogP contribution >= 0.6 is 0 Å². The summed E-state index contributed by atoms with van der Waals surface area (Å²) in [5.41, 5.74) is 5.33. The third-order valence-electron chi connectivity index (χ3n) is 5.97. The zero-order valence-corrected chi connectivity index (χ0v) is 20.7. The van der Waals surface area contributed by atoms with E-state index < -0.39 is 12.2 Å². The smallest absolute Gasteiger partial charge is 0.143 e. The number of hydrogen-bond acceptors (Lipinski definition) is 8. The molecule has 0 amide bonds. The summed E-state index contributed by atoms with van der Waals surface area (Å²) in [4.78, 5) is 2.76. The van der Waals surface area contributed by atoms with Crippen molar-refractivity contribution in [2.75, 3.05) is 0 Å². The number of fused-ring (bicyclic) bond motifs is 2. The Kier molecular flexibility index (Phi) is 7.89. The Labute approximate surface area is 225 Å². The fourth-order valence-corrected chi connectivity index (χ4v) is 3.86. The molecule has 2 unspecified atom stereocenters. The van der Waals surface area contributed by atoms with E-state index in [0.717, 1.165) is 22.1 Å². The summed E-state index contributed by atoms with van der Waals surface area (Å²) in [7, 11) is 0. The molecule has 6 aromatic rings. The average molecular weight is 527 g/mol. The van der Waals surface area contributed by atoms with Gasteiger partial charge in [0, 0.05) is 0 Å². The van der Waals surface area contributed by atoms with Crippen LogP contribution in [0.1, 0.15) is 44.6 Å². The predicted molar refractivity (Wildman–Crippen MR) is 149 cm³/mol. The molecular formula is C29H30N6O4. The van der Waals surface area contributed by atoms with E-state index in [4.69, 9.17) is 0 Å². The van der Waals surface area contributed by atoms with Crippen LogP contribution in [0, 0.1) is 0 Å². The van der Waals surface area contributed by atoms with Gasteiger partial charge in [0.1, 0.15) is 44.9 Å². The minimum absolute atomic E-state index is 0. The Hall–Kier alpha value is -4.80. The van der Waals surface area contributed by atoms with E-state index >= 15 is 0 Å². The molecule has 2 aromatic heterocycles. The maximum atomic E-state index is 9.91. The van der Waals surface area contributed by atoms with E-state index in [0.29, 0.717) is 22.5 Å². The summed E-state index contributed by atoms with van der Waals surface area (Å²) in [5.74, 6) is 0.148. The topological polar surface area (TPSA) is 142 Å². The lowest BCUT2D eigenvalue weighted by Crippen LogP contribution is -2.01. The maximum Gasteiger partial charge on any atom is 0.143 e. The Bertz CT molecular complexity index is 1530. The second-order valence-corrected chi connectivity index (χ2v) is 8.80. The Morgan fingerprint density at radius 1 is 0.538 bits per heavy atom. The minimum Gasteiger partial charge on any atom is -0.506 e. The number of benzene rings is 4. The third kappa shape index (κ3) is 5.71. The van der Waals surface area contributed by atoms with Gasteiger partial charge in [-0.15, -0.1) is 30.0 Å². The molecule has 39 heavy (non-hydrogen) atoms. The van der Waals surface area contributed by atoms with Gasteiger partial charge >= 0.3 is 0 Å². The number of nitrogens with zero attached hydrogens (tertiary/aromatic N) is 6. The van der Waals surface area contributed by atoms with Gasteiger partial charge in [0.15, 0.2) is 0 Å². The number of phenols is 2. The second kappa shape index (κ2) is 11.3. The van der Waals surface area contributed by atoms with Crippen LogP contribution in [-0.2, 0) is 0 Å². The van der Waals surface area contributed by atoms with Crippen LogP contribution in [0.2, 0.25) is 0 Å². The van der Waals surface area contributed by atoms with E-state index in [1.54, 1.807) is 38.1 Å². The highest BCUT2D eigenvalue weighted by Crippen LogP contribution is 2.27. The number of aliphatic hydroxyl groups is 2. The van der Waals surface area contributed by atoms with Crippen LogP contribution in [0.3, 0.4) is 0 Å². The van der Waals surface area contributed by atoms with Gasteiger partial charge in [0.05, 0.1) is 12.2 Å². The van der Waals surface area contributed by atoms with Gasteiger partial charge in [-0.2, -0.15) is 0 Å². The van der Waals surface area contributed by atoms with Crippen molar-refractivity contribution < 1.29 is 20.4 Å². The SMILES string of the molecule is C.CC(O)c1ccc(O)c(-n2nc3ccccc3n2)c1.CC(O)c1ccc(O)c(-n2nc3ccccc3n2)c1. The number of aromatic nitrogens is 6. The molecule has 2 atom stereocenters. The van der Waals surface area contributed by atoms with Crippen molar-refractivity contribution in [2.45, 2.75) is 33.5 Å². The molecular weight excluding hydrogens is 496 g/mol. The van der Waals surface area contributed by atoms with Gasteiger partial charge in [0.2, 0.25) is 0 Å². The summed E-state index contributed by atoms with van der Waals surface area (Å²) < 4.78 is 0. The third-order valence-corrected chi connectivity index (χ3v) is 5.97. The largest absolute Gasteiger partial charge is 0.506 e. The van der Waals surface area contributed by atoms with Crippen molar-refractivity contribution >= 4 is 22.1 Å². The van der Waals surface area contributed by atoms with Crippen LogP contribution in [0.4, 0.5) is 0 Å². The molecule has 0 fully saturated rings. The highest BCUT2D eigenvalue weighted by atomic mass is 16.3. The number of aliphatic hydroxyl groups excluding tert-OH is 2. The number of phenolic OH excluding ortho intramolecular Hbond substituents is 2. The molecule has 0 aliphatic heterocycles. The molecule has 0 saturated carbocycles. The average Bonchev–Trinajstić information content (AvgIpc) is 3.53. The zero-order chi connectivity index (χ0) is 26.8. The van der Waals surface area contributed by atoms with Gasteiger partial charge in [-0.05, 0) is 73.5 Å². The van der Waals surface area contributed by atoms with Gasteiger partial charge in [-0.3, -0.25) is 0 Å². The minimum atomic E-state index is -0.607. The van der Waals surface area contributed by atoms with Crippen molar-refractivity contribution in [1.82, 2.24) is 30.0 Å². The normalized spacial score (nSPS) is 12.4. The monoisotopic (exact) mass is 526 g/mol. The standard InChI is InChI=1S/2C14H13N3O2.CH4/c2*1-9(18)10-6-7-14(19)13(8-10)17-15-11-4-2-3-5-12(11)16-17;/h2*2-9,18-19H,1H3;1H4. The molecule has 0 spiro atoms. The molecule has 0 saturated heterocycles. The first-order valence-corrected chi connectivity index (χ1v) is 12.0. The molecule has 4 N–H and O–H groups in total. The van der Waals surface area contributed by atoms with Crippen molar-refractivity contribution in [2.24, 2.45) is 0 Å². The molecule has 0 bridgehead atoms. The van der Waals surface area contributed by atoms with Gasteiger partial charge in [-0.1, -0.05) is 43.8 Å². The molecule has 200 valence electrons. The first kappa shape index (κ1) is 27.2. The van der Waals surface area contributed by atoms with Crippen molar-refractivity contribution in [3.8, 4) is 22.9 Å². The van der Waals surface area contributed by atoms with Crippen LogP contribution in [-0.4, -0.2) is 50.4 Å². The number of rotatable bonds is 4. The highest BCUT2D eigenvalue weighted by Gasteiger charge is 2.12.